The number of ether oxygens (including phenoxy) is 2. The number of carbonyl (C=O) groups excluding carboxylic acids is 1. The topological polar surface area (TPSA) is 106 Å². The molecule has 0 aromatic heterocycles. The van der Waals surface area contributed by atoms with Gasteiger partial charge in [-0.05, 0) is 0 Å². The normalized spacial score (nSPS) is 17.3. The molecule has 118 valence electrons. The standard InChI is InChI=1S/C13H16N4O5/c18-13(7-16-3-1-14-2-4-16)15-9-5-11-12(22-8-21-11)6-10(9)17(19)20/h5-6,14H,1-4,7-8H2,(H,15,18). The number of nitro benzene ring substituents is 1. The smallest absolute Gasteiger partial charge is 0.296 e. The third-order valence-corrected chi connectivity index (χ3v) is 3.54. The zero-order valence-electron chi connectivity index (χ0n) is 11.8. The summed E-state index contributed by atoms with van der Waals surface area (Å²) in [7, 11) is 0. The van der Waals surface area contributed by atoms with Gasteiger partial charge < -0.3 is 20.1 Å². The van der Waals surface area contributed by atoms with E-state index in [4.69, 9.17) is 9.47 Å². The van der Waals surface area contributed by atoms with Crippen molar-refractivity contribution in [2.24, 2.45) is 0 Å². The molecule has 0 saturated carbocycles. The molecule has 0 radical (unpaired) electrons. The number of amides is 1. The van der Waals surface area contributed by atoms with E-state index in [-0.39, 0.29) is 30.6 Å². The fourth-order valence-corrected chi connectivity index (χ4v) is 2.44. The molecule has 1 saturated heterocycles. The van der Waals surface area contributed by atoms with Gasteiger partial charge in [0, 0.05) is 32.2 Å². The van der Waals surface area contributed by atoms with Crippen molar-refractivity contribution < 1.29 is 19.2 Å². The Morgan fingerprint density at radius 1 is 1.32 bits per heavy atom. The Hall–Kier alpha value is -2.39. The van der Waals surface area contributed by atoms with Gasteiger partial charge in [0.25, 0.3) is 5.69 Å². The minimum atomic E-state index is -0.553. The fraction of sp³-hybridized carbons (Fsp3) is 0.462. The molecule has 2 aliphatic rings. The van der Waals surface area contributed by atoms with Gasteiger partial charge in [-0.15, -0.1) is 0 Å². The van der Waals surface area contributed by atoms with Crippen LogP contribution in [0.15, 0.2) is 12.1 Å². The first kappa shape index (κ1) is 14.5. The Labute approximate surface area is 126 Å². The first-order valence-electron chi connectivity index (χ1n) is 6.94. The summed E-state index contributed by atoms with van der Waals surface area (Å²) in [4.78, 5) is 24.7. The number of benzene rings is 1. The first-order valence-corrected chi connectivity index (χ1v) is 6.94. The van der Waals surface area contributed by atoms with Crippen molar-refractivity contribution in [1.82, 2.24) is 10.2 Å². The van der Waals surface area contributed by atoms with E-state index in [2.05, 4.69) is 10.6 Å². The molecule has 0 atom stereocenters. The van der Waals surface area contributed by atoms with E-state index in [0.29, 0.717) is 11.5 Å². The Morgan fingerprint density at radius 2 is 2.00 bits per heavy atom. The molecule has 1 amide bonds. The van der Waals surface area contributed by atoms with Crippen LogP contribution >= 0.6 is 0 Å². The van der Waals surface area contributed by atoms with Crippen LogP contribution in [-0.2, 0) is 4.79 Å². The van der Waals surface area contributed by atoms with Gasteiger partial charge in [0.15, 0.2) is 11.5 Å². The van der Waals surface area contributed by atoms with Gasteiger partial charge in [0.2, 0.25) is 12.7 Å². The predicted octanol–water partition coefficient (Wildman–Crippen LogP) is 0.167. The largest absolute Gasteiger partial charge is 0.454 e. The van der Waals surface area contributed by atoms with E-state index in [1.54, 1.807) is 0 Å². The van der Waals surface area contributed by atoms with Crippen LogP contribution in [0.5, 0.6) is 11.5 Å². The molecule has 0 unspecified atom stereocenters. The van der Waals surface area contributed by atoms with Crippen molar-refractivity contribution >= 4 is 17.3 Å². The average Bonchev–Trinajstić information content (AvgIpc) is 2.94. The lowest BCUT2D eigenvalue weighted by atomic mass is 10.2. The highest BCUT2D eigenvalue weighted by atomic mass is 16.7. The predicted molar refractivity (Wildman–Crippen MR) is 77.2 cm³/mol. The molecule has 1 fully saturated rings. The highest BCUT2D eigenvalue weighted by Gasteiger charge is 2.25. The lowest BCUT2D eigenvalue weighted by molar-refractivity contribution is -0.384. The van der Waals surface area contributed by atoms with Gasteiger partial charge in [-0.3, -0.25) is 19.8 Å². The van der Waals surface area contributed by atoms with Crippen LogP contribution in [0, 0.1) is 10.1 Å². The minimum Gasteiger partial charge on any atom is -0.454 e. The second-order valence-electron chi connectivity index (χ2n) is 5.05. The molecule has 22 heavy (non-hydrogen) atoms. The van der Waals surface area contributed by atoms with Crippen LogP contribution in [0.1, 0.15) is 0 Å². The quantitative estimate of drug-likeness (QED) is 0.603. The van der Waals surface area contributed by atoms with Crippen LogP contribution in [0.3, 0.4) is 0 Å². The molecular weight excluding hydrogens is 292 g/mol. The van der Waals surface area contributed by atoms with Crippen molar-refractivity contribution in [1.29, 1.82) is 0 Å². The van der Waals surface area contributed by atoms with E-state index in [1.807, 2.05) is 4.90 Å². The van der Waals surface area contributed by atoms with Gasteiger partial charge in [-0.25, -0.2) is 0 Å². The Morgan fingerprint density at radius 3 is 2.68 bits per heavy atom. The van der Waals surface area contributed by atoms with Crippen molar-refractivity contribution in [3.05, 3.63) is 22.2 Å². The number of carbonyl (C=O) groups is 1. The molecule has 2 N–H and O–H groups in total. The van der Waals surface area contributed by atoms with Crippen molar-refractivity contribution in [3.63, 3.8) is 0 Å². The fourth-order valence-electron chi connectivity index (χ4n) is 2.44. The highest BCUT2D eigenvalue weighted by Crippen LogP contribution is 2.40. The molecule has 1 aromatic rings. The molecule has 9 heteroatoms. The van der Waals surface area contributed by atoms with E-state index < -0.39 is 4.92 Å². The van der Waals surface area contributed by atoms with Crippen LogP contribution in [0.2, 0.25) is 0 Å². The maximum absolute atomic E-state index is 12.1. The van der Waals surface area contributed by atoms with Gasteiger partial charge >= 0.3 is 0 Å². The number of nitrogens with one attached hydrogen (secondary N) is 2. The van der Waals surface area contributed by atoms with Gasteiger partial charge in [-0.1, -0.05) is 0 Å². The second kappa shape index (κ2) is 6.16. The Bertz CT molecular complexity index is 600. The summed E-state index contributed by atoms with van der Waals surface area (Å²) in [6.07, 6.45) is 0. The highest BCUT2D eigenvalue weighted by molar-refractivity contribution is 5.95. The summed E-state index contributed by atoms with van der Waals surface area (Å²) < 4.78 is 10.3. The van der Waals surface area contributed by atoms with E-state index in [9.17, 15) is 14.9 Å². The number of nitrogens with zero attached hydrogens (tertiary/aromatic N) is 2. The van der Waals surface area contributed by atoms with E-state index >= 15 is 0 Å². The monoisotopic (exact) mass is 308 g/mol. The third kappa shape index (κ3) is 3.10. The van der Waals surface area contributed by atoms with Crippen molar-refractivity contribution in [2.45, 2.75) is 0 Å². The number of rotatable bonds is 4. The number of piperazine rings is 1. The third-order valence-electron chi connectivity index (χ3n) is 3.54. The summed E-state index contributed by atoms with van der Waals surface area (Å²) in [6.45, 7) is 3.43. The SMILES string of the molecule is O=C(CN1CCNCC1)Nc1cc2c(cc1[N+](=O)[O-])OCO2. The van der Waals surface area contributed by atoms with Gasteiger partial charge in [-0.2, -0.15) is 0 Å². The average molecular weight is 308 g/mol. The zero-order valence-corrected chi connectivity index (χ0v) is 11.8. The number of hydrogen-bond acceptors (Lipinski definition) is 7. The van der Waals surface area contributed by atoms with Crippen LogP contribution in [-0.4, -0.2) is 55.2 Å². The summed E-state index contributed by atoms with van der Waals surface area (Å²) >= 11 is 0. The molecular formula is C13H16N4O5. The molecule has 1 aromatic carbocycles. The summed E-state index contributed by atoms with van der Waals surface area (Å²) in [5.74, 6) is 0.416. The molecule has 2 heterocycles. The lowest BCUT2D eigenvalue weighted by Gasteiger charge is -2.26. The number of fused-ring (bicyclic) bond motifs is 1. The second-order valence-corrected chi connectivity index (χ2v) is 5.05. The molecule has 0 bridgehead atoms. The number of hydrogen-bond donors (Lipinski definition) is 2. The molecule has 3 rings (SSSR count). The molecule has 9 nitrogen and oxygen atoms in total. The van der Waals surface area contributed by atoms with E-state index in [1.165, 1.54) is 12.1 Å². The van der Waals surface area contributed by atoms with Gasteiger partial charge in [0.05, 0.1) is 17.5 Å². The summed E-state index contributed by atoms with van der Waals surface area (Å²) in [5, 5.41) is 16.9. The molecule has 2 aliphatic heterocycles. The Balaban J connectivity index is 1.73. The number of nitro groups is 1. The molecule has 0 aliphatic carbocycles. The molecule has 0 spiro atoms. The van der Waals surface area contributed by atoms with Crippen LogP contribution in [0.4, 0.5) is 11.4 Å². The maximum atomic E-state index is 12.1. The van der Waals surface area contributed by atoms with Crippen molar-refractivity contribution in [3.8, 4) is 11.5 Å². The maximum Gasteiger partial charge on any atom is 0.296 e. The minimum absolute atomic E-state index is 0.0185. The lowest BCUT2D eigenvalue weighted by Crippen LogP contribution is -2.46. The summed E-state index contributed by atoms with van der Waals surface area (Å²) in [6, 6.07) is 2.69. The summed E-state index contributed by atoms with van der Waals surface area (Å²) in [5.41, 5.74) is -0.0905. The van der Waals surface area contributed by atoms with Crippen molar-refractivity contribution in [2.75, 3.05) is 44.8 Å². The number of anilines is 1. The van der Waals surface area contributed by atoms with Gasteiger partial charge in [0.1, 0.15) is 5.69 Å². The first-order chi connectivity index (χ1) is 10.6. The Kier molecular flexibility index (Phi) is 4.07. The van der Waals surface area contributed by atoms with Crippen LogP contribution in [0.25, 0.3) is 0 Å². The zero-order chi connectivity index (χ0) is 15.5. The van der Waals surface area contributed by atoms with Crippen LogP contribution < -0.4 is 20.1 Å². The van der Waals surface area contributed by atoms with E-state index in [0.717, 1.165) is 26.2 Å².